The maximum atomic E-state index is 12.9. The SMILES string of the molecule is Cc1ccc(-n2nc(-c3ccc(Cl)cc3)c3c4c(cnc32)C(=O)N(C)C4=O)cc1C. The summed E-state index contributed by atoms with van der Waals surface area (Å²) in [5, 5.41) is 5.99. The van der Waals surface area contributed by atoms with Crippen molar-refractivity contribution in [3.63, 3.8) is 0 Å². The fourth-order valence-electron chi connectivity index (χ4n) is 3.76. The van der Waals surface area contributed by atoms with E-state index in [2.05, 4.69) is 4.98 Å². The number of hydrogen-bond acceptors (Lipinski definition) is 4. The molecule has 5 rings (SSSR count). The van der Waals surface area contributed by atoms with Gasteiger partial charge in [0, 0.05) is 23.8 Å². The van der Waals surface area contributed by atoms with Crippen LogP contribution in [-0.4, -0.2) is 38.5 Å². The second-order valence-electron chi connectivity index (χ2n) is 7.45. The van der Waals surface area contributed by atoms with Crippen molar-refractivity contribution in [2.24, 2.45) is 0 Å². The Labute approximate surface area is 177 Å². The van der Waals surface area contributed by atoms with Gasteiger partial charge in [-0.15, -0.1) is 0 Å². The highest BCUT2D eigenvalue weighted by Crippen LogP contribution is 2.36. The first-order chi connectivity index (χ1) is 14.4. The third-order valence-electron chi connectivity index (χ3n) is 5.60. The van der Waals surface area contributed by atoms with Gasteiger partial charge in [-0.05, 0) is 49.2 Å². The second kappa shape index (κ2) is 6.50. The van der Waals surface area contributed by atoms with Crippen molar-refractivity contribution >= 4 is 34.4 Å². The number of nitrogens with zero attached hydrogens (tertiary/aromatic N) is 4. The van der Waals surface area contributed by atoms with Crippen LogP contribution in [0.1, 0.15) is 31.8 Å². The number of rotatable bonds is 2. The van der Waals surface area contributed by atoms with E-state index in [9.17, 15) is 9.59 Å². The van der Waals surface area contributed by atoms with Gasteiger partial charge in [0.05, 0.1) is 22.2 Å². The molecule has 1 aliphatic rings. The summed E-state index contributed by atoms with van der Waals surface area (Å²) in [6.07, 6.45) is 1.46. The Kier molecular flexibility index (Phi) is 4.01. The molecular weight excluding hydrogens is 400 g/mol. The Balaban J connectivity index is 1.88. The second-order valence-corrected chi connectivity index (χ2v) is 7.89. The fourth-order valence-corrected chi connectivity index (χ4v) is 3.88. The average Bonchev–Trinajstić information content (AvgIpc) is 3.22. The molecule has 3 heterocycles. The number of carbonyl (C=O) groups excluding carboxylic acids is 2. The van der Waals surface area contributed by atoms with Gasteiger partial charge >= 0.3 is 0 Å². The normalized spacial score (nSPS) is 13.4. The highest BCUT2D eigenvalue weighted by Gasteiger charge is 2.37. The Hall–Kier alpha value is -3.51. The third-order valence-corrected chi connectivity index (χ3v) is 5.85. The van der Waals surface area contributed by atoms with Gasteiger partial charge in [0.25, 0.3) is 11.8 Å². The summed E-state index contributed by atoms with van der Waals surface area (Å²) in [6, 6.07) is 13.3. The van der Waals surface area contributed by atoms with Crippen LogP contribution in [0.15, 0.2) is 48.7 Å². The summed E-state index contributed by atoms with van der Waals surface area (Å²) in [5.74, 6) is -0.706. The van der Waals surface area contributed by atoms with E-state index in [0.29, 0.717) is 32.9 Å². The Bertz CT molecular complexity index is 1370. The number of hydrogen-bond donors (Lipinski definition) is 0. The van der Waals surface area contributed by atoms with Crippen molar-refractivity contribution in [1.82, 2.24) is 19.7 Å². The van der Waals surface area contributed by atoms with E-state index in [4.69, 9.17) is 16.7 Å². The molecule has 1 aliphatic heterocycles. The van der Waals surface area contributed by atoms with Crippen molar-refractivity contribution in [2.75, 3.05) is 7.05 Å². The number of pyridine rings is 1. The third kappa shape index (κ3) is 2.57. The van der Waals surface area contributed by atoms with Crippen LogP contribution >= 0.6 is 11.6 Å². The molecule has 148 valence electrons. The maximum absolute atomic E-state index is 12.9. The molecule has 2 aromatic heterocycles. The fraction of sp³-hybridized carbons (Fsp3) is 0.130. The van der Waals surface area contributed by atoms with Crippen LogP contribution in [-0.2, 0) is 0 Å². The van der Waals surface area contributed by atoms with Gasteiger partial charge in [-0.25, -0.2) is 9.67 Å². The lowest BCUT2D eigenvalue weighted by molar-refractivity contribution is 0.0693. The molecule has 30 heavy (non-hydrogen) atoms. The molecule has 0 radical (unpaired) electrons. The zero-order valence-corrected chi connectivity index (χ0v) is 17.4. The summed E-state index contributed by atoms with van der Waals surface area (Å²) in [4.78, 5) is 31.1. The van der Waals surface area contributed by atoms with Crippen LogP contribution < -0.4 is 0 Å². The highest BCUT2D eigenvalue weighted by molar-refractivity contribution is 6.30. The van der Waals surface area contributed by atoms with Crippen molar-refractivity contribution in [2.45, 2.75) is 13.8 Å². The molecule has 0 bridgehead atoms. The summed E-state index contributed by atoms with van der Waals surface area (Å²) in [6.45, 7) is 4.08. The lowest BCUT2D eigenvalue weighted by Gasteiger charge is -2.06. The van der Waals surface area contributed by atoms with Crippen LogP contribution in [0.25, 0.3) is 28.0 Å². The van der Waals surface area contributed by atoms with Crippen molar-refractivity contribution in [3.8, 4) is 16.9 Å². The average molecular weight is 417 g/mol. The smallest absolute Gasteiger partial charge is 0.262 e. The predicted molar refractivity (Wildman–Crippen MR) is 115 cm³/mol. The molecule has 0 aliphatic carbocycles. The first-order valence-electron chi connectivity index (χ1n) is 9.44. The summed E-state index contributed by atoms with van der Waals surface area (Å²) in [5.41, 5.74) is 5.66. The Morgan fingerprint density at radius 3 is 2.37 bits per heavy atom. The van der Waals surface area contributed by atoms with Gasteiger partial charge in [0.1, 0.15) is 5.69 Å². The monoisotopic (exact) mass is 416 g/mol. The van der Waals surface area contributed by atoms with Gasteiger partial charge < -0.3 is 0 Å². The van der Waals surface area contributed by atoms with Crippen LogP contribution in [0.5, 0.6) is 0 Å². The minimum absolute atomic E-state index is 0.296. The minimum atomic E-state index is -0.356. The standard InChI is InChI=1S/C23H17ClN4O2/c1-12-4-9-16(10-13(12)2)28-21-19(20(26-28)14-5-7-15(24)8-6-14)18-17(11-25-21)22(29)27(3)23(18)30/h4-11H,1-3H3. The minimum Gasteiger partial charge on any atom is -0.277 e. The number of halogens is 1. The van der Waals surface area contributed by atoms with Crippen LogP contribution in [0.2, 0.25) is 5.02 Å². The first-order valence-corrected chi connectivity index (χ1v) is 9.82. The molecule has 0 unspecified atom stereocenters. The van der Waals surface area contributed by atoms with E-state index in [1.165, 1.54) is 18.8 Å². The van der Waals surface area contributed by atoms with E-state index in [0.717, 1.165) is 21.7 Å². The molecule has 0 N–H and O–H groups in total. The lowest BCUT2D eigenvalue weighted by atomic mass is 10.0. The Morgan fingerprint density at radius 1 is 0.933 bits per heavy atom. The molecule has 0 saturated carbocycles. The number of fused-ring (bicyclic) bond motifs is 3. The summed E-state index contributed by atoms with van der Waals surface area (Å²) in [7, 11) is 1.48. The molecule has 6 nitrogen and oxygen atoms in total. The number of benzene rings is 2. The summed E-state index contributed by atoms with van der Waals surface area (Å²) < 4.78 is 1.72. The van der Waals surface area contributed by atoms with Crippen LogP contribution in [0, 0.1) is 13.8 Å². The van der Waals surface area contributed by atoms with Crippen molar-refractivity contribution in [3.05, 3.63) is 75.9 Å². The number of aryl methyl sites for hydroxylation is 2. The Morgan fingerprint density at radius 2 is 1.67 bits per heavy atom. The zero-order valence-electron chi connectivity index (χ0n) is 16.6. The first kappa shape index (κ1) is 18.5. The molecule has 2 aromatic carbocycles. The lowest BCUT2D eigenvalue weighted by Crippen LogP contribution is -2.24. The van der Waals surface area contributed by atoms with Crippen molar-refractivity contribution in [1.29, 1.82) is 0 Å². The van der Waals surface area contributed by atoms with E-state index in [-0.39, 0.29) is 11.8 Å². The van der Waals surface area contributed by atoms with Crippen LogP contribution in [0.4, 0.5) is 0 Å². The van der Waals surface area contributed by atoms with E-state index in [1.54, 1.807) is 16.8 Å². The summed E-state index contributed by atoms with van der Waals surface area (Å²) >= 11 is 6.06. The number of amides is 2. The molecule has 0 atom stereocenters. The van der Waals surface area contributed by atoms with Gasteiger partial charge in [0.15, 0.2) is 5.65 Å². The maximum Gasteiger partial charge on any atom is 0.262 e. The van der Waals surface area contributed by atoms with Gasteiger partial charge in [-0.3, -0.25) is 14.5 Å². The topological polar surface area (TPSA) is 68.1 Å². The van der Waals surface area contributed by atoms with Crippen LogP contribution in [0.3, 0.4) is 0 Å². The molecular formula is C23H17ClN4O2. The van der Waals surface area contributed by atoms with Gasteiger partial charge in [-0.1, -0.05) is 29.8 Å². The van der Waals surface area contributed by atoms with E-state index < -0.39 is 0 Å². The van der Waals surface area contributed by atoms with Gasteiger partial charge in [-0.2, -0.15) is 5.10 Å². The molecule has 0 fully saturated rings. The quantitative estimate of drug-likeness (QED) is 0.448. The predicted octanol–water partition coefficient (Wildman–Crippen LogP) is 4.58. The largest absolute Gasteiger partial charge is 0.277 e. The zero-order chi connectivity index (χ0) is 21.2. The molecule has 0 saturated heterocycles. The number of aromatic nitrogens is 3. The molecule has 0 spiro atoms. The molecule has 4 aromatic rings. The highest BCUT2D eigenvalue weighted by atomic mass is 35.5. The van der Waals surface area contributed by atoms with Crippen molar-refractivity contribution < 1.29 is 9.59 Å². The molecule has 2 amide bonds. The number of imide groups is 1. The van der Waals surface area contributed by atoms with E-state index in [1.807, 2.05) is 44.2 Å². The van der Waals surface area contributed by atoms with Gasteiger partial charge in [0.2, 0.25) is 0 Å². The van der Waals surface area contributed by atoms with E-state index >= 15 is 0 Å². The number of carbonyl (C=O) groups is 2. The molecule has 7 heteroatoms.